The molecule has 0 fully saturated rings. The summed E-state index contributed by atoms with van der Waals surface area (Å²) in [5.74, 6) is 0.699. The normalized spacial score (nSPS) is 15.3. The van der Waals surface area contributed by atoms with E-state index in [-0.39, 0.29) is 5.92 Å². The third-order valence-electron chi connectivity index (χ3n) is 8.27. The first kappa shape index (κ1) is 44.0. The number of rotatable bonds is 15. The third kappa shape index (κ3) is 16.9. The molecule has 54 heavy (non-hydrogen) atoms. The van der Waals surface area contributed by atoms with Crippen LogP contribution in [0.3, 0.4) is 0 Å². The molecule has 1 heteroatoms. The molecule has 4 rings (SSSR count). The van der Waals surface area contributed by atoms with Gasteiger partial charge in [-0.05, 0) is 84.0 Å². The van der Waals surface area contributed by atoms with Crippen molar-refractivity contribution in [1.82, 2.24) is 0 Å². The summed E-state index contributed by atoms with van der Waals surface area (Å²) in [5, 5.41) is 2.36. The fourth-order valence-corrected chi connectivity index (χ4v) is 5.51. The van der Waals surface area contributed by atoms with Gasteiger partial charge in [0.05, 0.1) is 0 Å². The minimum atomic E-state index is 0.131. The lowest BCUT2D eigenvalue weighted by Crippen LogP contribution is -2.24. The van der Waals surface area contributed by atoms with Gasteiger partial charge in [-0.25, -0.2) is 0 Å². The predicted molar refractivity (Wildman–Crippen MR) is 244 cm³/mol. The summed E-state index contributed by atoms with van der Waals surface area (Å²) in [7, 11) is 0. The lowest BCUT2D eigenvalue weighted by Gasteiger charge is -2.08. The molecule has 0 heterocycles. The van der Waals surface area contributed by atoms with Gasteiger partial charge in [0, 0.05) is 17.5 Å². The fraction of sp³-hybridized carbons (Fsp3) is 0.132. The molecule has 0 aliphatic heterocycles. The average Bonchev–Trinajstić information content (AvgIpc) is 3.59. The van der Waals surface area contributed by atoms with Crippen LogP contribution in [-0.2, 0) is 0 Å². The van der Waals surface area contributed by atoms with E-state index in [0.717, 1.165) is 29.7 Å². The molecule has 0 saturated carbocycles. The summed E-state index contributed by atoms with van der Waals surface area (Å²) < 4.78 is 0. The van der Waals surface area contributed by atoms with Crippen molar-refractivity contribution in [3.8, 4) is 0 Å². The van der Waals surface area contributed by atoms with E-state index < -0.39 is 0 Å². The highest BCUT2D eigenvalue weighted by Gasteiger charge is 2.14. The highest BCUT2D eigenvalue weighted by molar-refractivity contribution is 5.62. The zero-order valence-corrected chi connectivity index (χ0v) is 32.7. The zero-order valence-electron chi connectivity index (χ0n) is 32.7. The summed E-state index contributed by atoms with van der Waals surface area (Å²) in [5.41, 5.74) is 13.9. The first-order valence-corrected chi connectivity index (χ1v) is 18.5. The average molecular weight is 710 g/mol. The van der Waals surface area contributed by atoms with Gasteiger partial charge in [0.1, 0.15) is 0 Å². The Balaban J connectivity index is 0.000000342. The van der Waals surface area contributed by atoms with Gasteiger partial charge in [-0.3, -0.25) is 0 Å². The summed E-state index contributed by atoms with van der Waals surface area (Å²) in [6.45, 7) is 25.1. The van der Waals surface area contributed by atoms with Crippen LogP contribution in [0.1, 0.15) is 62.1 Å². The summed E-state index contributed by atoms with van der Waals surface area (Å²) in [4.78, 5) is 0. The summed E-state index contributed by atoms with van der Waals surface area (Å²) in [6.07, 6.45) is 42.7. The molecular weight excluding hydrogens is 651 g/mol. The van der Waals surface area contributed by atoms with Crippen LogP contribution in [-0.4, -0.2) is 0 Å². The van der Waals surface area contributed by atoms with E-state index >= 15 is 0 Å². The van der Waals surface area contributed by atoms with Crippen LogP contribution in [0.25, 0.3) is 18.2 Å². The van der Waals surface area contributed by atoms with Crippen LogP contribution in [0, 0.1) is 0 Å². The SMILES string of the molecule is C=C/C=C\C(C)=C/C(=C)/C=C\C.C=CC(/C=C\C=C/C)=C\C/C=C/C=c1/cccc/c1=C/C(C=C)c1ccc(N)cc1.C=CCC1C=Cc2ccccc21. The number of hydrogen-bond acceptors (Lipinski definition) is 1. The minimum absolute atomic E-state index is 0.131. The van der Waals surface area contributed by atoms with Gasteiger partial charge in [-0.15, -0.1) is 13.2 Å². The number of nitrogen functional groups attached to an aromatic ring is 1. The van der Waals surface area contributed by atoms with E-state index in [1.54, 1.807) is 6.08 Å². The Morgan fingerprint density at radius 2 is 1.52 bits per heavy atom. The smallest absolute Gasteiger partial charge is 0.0314 e. The van der Waals surface area contributed by atoms with Gasteiger partial charge in [0.15, 0.2) is 0 Å². The van der Waals surface area contributed by atoms with E-state index in [9.17, 15) is 0 Å². The Kier molecular flexibility index (Phi) is 21.6. The van der Waals surface area contributed by atoms with Crippen molar-refractivity contribution in [1.29, 1.82) is 0 Å². The lowest BCUT2D eigenvalue weighted by atomic mass is 9.97. The van der Waals surface area contributed by atoms with Crippen molar-refractivity contribution >= 4 is 23.9 Å². The minimum Gasteiger partial charge on any atom is -0.399 e. The second-order valence-corrected chi connectivity index (χ2v) is 12.5. The van der Waals surface area contributed by atoms with Crippen LogP contribution in [0.15, 0.2) is 226 Å². The van der Waals surface area contributed by atoms with Crippen molar-refractivity contribution < 1.29 is 0 Å². The molecule has 3 aromatic rings. The summed E-state index contributed by atoms with van der Waals surface area (Å²) >= 11 is 0. The van der Waals surface area contributed by atoms with Gasteiger partial charge in [-0.2, -0.15) is 0 Å². The number of allylic oxidation sites excluding steroid dienone is 20. The van der Waals surface area contributed by atoms with Gasteiger partial charge < -0.3 is 5.73 Å². The largest absolute Gasteiger partial charge is 0.399 e. The highest BCUT2D eigenvalue weighted by Crippen LogP contribution is 2.32. The van der Waals surface area contributed by atoms with Gasteiger partial charge in [0.25, 0.3) is 0 Å². The van der Waals surface area contributed by atoms with E-state index in [4.69, 9.17) is 5.73 Å². The monoisotopic (exact) mass is 709 g/mol. The molecule has 0 spiro atoms. The quantitative estimate of drug-likeness (QED) is 0.0949. The van der Waals surface area contributed by atoms with Crippen molar-refractivity contribution in [2.75, 3.05) is 5.73 Å². The van der Waals surface area contributed by atoms with Crippen molar-refractivity contribution in [3.05, 3.63) is 253 Å². The standard InChI is InChI=1S/C29H31N.C12H12.C12H16/c1-4-7-9-14-24(5-2)15-10-8-11-16-26-17-12-13-18-28(26)23-25(6-3)27-19-21-29(30)22-20-27;1-2-5-10-8-9-11-6-3-4-7-12(10)11;1-5-7-9-12(4)10-11(3)8-6-2/h4-9,11-23,25H,2-3,10,30H2,1H3;2-4,6-10H,1,5H2;5-10H,1,3H2,2,4H3/b7-4-,11-8+,14-9-,24-15+,26-16-,28-23-;;8-6-,9-7-,12-10-. The van der Waals surface area contributed by atoms with Gasteiger partial charge in [0.2, 0.25) is 0 Å². The topological polar surface area (TPSA) is 26.0 Å². The van der Waals surface area contributed by atoms with E-state index in [2.05, 4.69) is 142 Å². The molecule has 1 aliphatic rings. The summed E-state index contributed by atoms with van der Waals surface area (Å²) in [6, 6.07) is 24.9. The van der Waals surface area contributed by atoms with E-state index in [1.807, 2.05) is 99.7 Å². The van der Waals surface area contributed by atoms with E-state index in [0.29, 0.717) is 5.92 Å². The molecule has 2 unspecified atom stereocenters. The predicted octanol–water partition coefficient (Wildman–Crippen LogP) is 13.2. The Labute approximate surface area is 326 Å². The Bertz CT molecular complexity index is 2030. The van der Waals surface area contributed by atoms with Gasteiger partial charge in [-0.1, -0.05) is 207 Å². The van der Waals surface area contributed by atoms with E-state index in [1.165, 1.54) is 32.7 Å². The van der Waals surface area contributed by atoms with Crippen LogP contribution in [0.2, 0.25) is 0 Å². The maximum atomic E-state index is 5.82. The molecular formula is C53H59N. The number of fused-ring (bicyclic) bond motifs is 1. The molecule has 2 atom stereocenters. The number of hydrogen-bond donors (Lipinski definition) is 1. The van der Waals surface area contributed by atoms with Crippen molar-refractivity contribution in [2.45, 2.75) is 45.4 Å². The lowest BCUT2D eigenvalue weighted by molar-refractivity contribution is 0.881. The van der Waals surface area contributed by atoms with Crippen molar-refractivity contribution in [3.63, 3.8) is 0 Å². The first-order chi connectivity index (χ1) is 26.3. The maximum Gasteiger partial charge on any atom is 0.0314 e. The molecule has 3 aromatic carbocycles. The highest BCUT2D eigenvalue weighted by atomic mass is 14.5. The molecule has 1 nitrogen and oxygen atoms in total. The fourth-order valence-electron chi connectivity index (χ4n) is 5.51. The van der Waals surface area contributed by atoms with Crippen LogP contribution >= 0.6 is 0 Å². The number of anilines is 1. The van der Waals surface area contributed by atoms with Crippen molar-refractivity contribution in [2.24, 2.45) is 0 Å². The third-order valence-corrected chi connectivity index (χ3v) is 8.27. The second kappa shape index (κ2) is 26.6. The number of benzene rings is 3. The molecule has 2 N–H and O–H groups in total. The number of nitrogens with two attached hydrogens (primary N) is 1. The zero-order chi connectivity index (χ0) is 39.4. The Morgan fingerprint density at radius 3 is 2.19 bits per heavy atom. The molecule has 0 amide bonds. The molecule has 276 valence electrons. The second-order valence-electron chi connectivity index (χ2n) is 12.5. The molecule has 0 saturated heterocycles. The molecule has 0 aromatic heterocycles. The molecule has 1 aliphatic carbocycles. The Hall–Kier alpha value is -6.18. The Morgan fingerprint density at radius 1 is 0.796 bits per heavy atom. The van der Waals surface area contributed by atoms with Crippen LogP contribution in [0.5, 0.6) is 0 Å². The first-order valence-electron chi connectivity index (χ1n) is 18.5. The van der Waals surface area contributed by atoms with Gasteiger partial charge >= 0.3 is 0 Å². The molecule has 0 bridgehead atoms. The maximum absolute atomic E-state index is 5.82. The molecule has 0 radical (unpaired) electrons. The van der Waals surface area contributed by atoms with Crippen LogP contribution in [0.4, 0.5) is 5.69 Å². The van der Waals surface area contributed by atoms with Crippen LogP contribution < -0.4 is 16.2 Å².